The third kappa shape index (κ3) is 4.54. The number of rotatable bonds is 6. The Kier molecular flexibility index (Phi) is 5.47. The van der Waals surface area contributed by atoms with Crippen LogP contribution >= 0.6 is 0 Å². The maximum atomic E-state index is 12.1. The Morgan fingerprint density at radius 3 is 2.43 bits per heavy atom. The van der Waals surface area contributed by atoms with Crippen molar-refractivity contribution in [3.63, 3.8) is 0 Å². The molecule has 148 valence electrons. The lowest BCUT2D eigenvalue weighted by Gasteiger charge is -2.09. The van der Waals surface area contributed by atoms with E-state index in [0.717, 1.165) is 34.0 Å². The van der Waals surface area contributed by atoms with Crippen LogP contribution in [0.2, 0.25) is 0 Å². The van der Waals surface area contributed by atoms with E-state index in [4.69, 9.17) is 4.74 Å². The highest BCUT2D eigenvalue weighted by atomic mass is 32.2. The van der Waals surface area contributed by atoms with Gasteiger partial charge in [-0.25, -0.2) is 13.1 Å². The standard InChI is InChI=1S/C21H24N2O4S/c1-14(2)13-27-17-8-5-15(6-9-17)19-12-23(3)20-11-16(7-10-18(19)20)21(24)22-28(4,25)26/h5-12,14H,13H2,1-4H3,(H,22,24). The molecule has 0 spiro atoms. The Morgan fingerprint density at radius 1 is 1.14 bits per heavy atom. The number of nitrogens with one attached hydrogen (secondary N) is 1. The van der Waals surface area contributed by atoms with E-state index >= 15 is 0 Å². The second-order valence-corrected chi connectivity index (χ2v) is 9.07. The Bertz CT molecular complexity index is 1110. The van der Waals surface area contributed by atoms with Crippen molar-refractivity contribution in [1.29, 1.82) is 0 Å². The lowest BCUT2D eigenvalue weighted by atomic mass is 10.0. The van der Waals surface area contributed by atoms with Crippen LogP contribution in [-0.4, -0.2) is 31.8 Å². The number of fused-ring (bicyclic) bond motifs is 1. The van der Waals surface area contributed by atoms with Gasteiger partial charge < -0.3 is 9.30 Å². The van der Waals surface area contributed by atoms with E-state index in [1.165, 1.54) is 0 Å². The zero-order valence-corrected chi connectivity index (χ0v) is 17.2. The largest absolute Gasteiger partial charge is 0.493 e. The fourth-order valence-electron chi connectivity index (χ4n) is 2.98. The van der Waals surface area contributed by atoms with Gasteiger partial charge in [-0.15, -0.1) is 0 Å². The number of hydrogen-bond donors (Lipinski definition) is 1. The Morgan fingerprint density at radius 2 is 1.82 bits per heavy atom. The number of aromatic nitrogens is 1. The number of benzene rings is 2. The maximum Gasteiger partial charge on any atom is 0.264 e. The fraction of sp³-hybridized carbons (Fsp3) is 0.286. The third-order valence-electron chi connectivity index (χ3n) is 4.28. The van der Waals surface area contributed by atoms with Gasteiger partial charge in [0.25, 0.3) is 5.91 Å². The molecular weight excluding hydrogens is 376 g/mol. The van der Waals surface area contributed by atoms with Crippen molar-refractivity contribution in [3.05, 3.63) is 54.2 Å². The number of nitrogens with zero attached hydrogens (tertiary/aromatic N) is 1. The number of ether oxygens (including phenoxy) is 1. The zero-order valence-electron chi connectivity index (χ0n) is 16.4. The van der Waals surface area contributed by atoms with Gasteiger partial charge in [-0.1, -0.05) is 32.0 Å². The maximum absolute atomic E-state index is 12.1. The molecule has 1 N–H and O–H groups in total. The SMILES string of the molecule is CC(C)COc1ccc(-c2cn(C)c3cc(C(=O)NS(C)(=O)=O)ccc23)cc1. The molecule has 1 aromatic heterocycles. The third-order valence-corrected chi connectivity index (χ3v) is 4.84. The van der Waals surface area contributed by atoms with Gasteiger partial charge in [-0.3, -0.25) is 4.79 Å². The number of sulfonamides is 1. The molecule has 3 aromatic rings. The number of aryl methyl sites for hydroxylation is 1. The first kappa shape index (κ1) is 19.9. The molecule has 6 nitrogen and oxygen atoms in total. The Balaban J connectivity index is 1.92. The van der Waals surface area contributed by atoms with Crippen molar-refractivity contribution < 1.29 is 17.9 Å². The highest BCUT2D eigenvalue weighted by Gasteiger charge is 2.15. The van der Waals surface area contributed by atoms with E-state index < -0.39 is 15.9 Å². The van der Waals surface area contributed by atoms with Crippen molar-refractivity contribution in [2.75, 3.05) is 12.9 Å². The van der Waals surface area contributed by atoms with Crippen LogP contribution in [0.4, 0.5) is 0 Å². The number of carbonyl (C=O) groups excluding carboxylic acids is 1. The number of carbonyl (C=O) groups is 1. The van der Waals surface area contributed by atoms with Crippen molar-refractivity contribution in [2.45, 2.75) is 13.8 Å². The lowest BCUT2D eigenvalue weighted by Crippen LogP contribution is -2.29. The summed E-state index contributed by atoms with van der Waals surface area (Å²) in [7, 11) is -1.71. The zero-order chi connectivity index (χ0) is 20.5. The van der Waals surface area contributed by atoms with Crippen LogP contribution in [0.15, 0.2) is 48.7 Å². The molecule has 0 aliphatic rings. The molecule has 0 atom stereocenters. The molecule has 28 heavy (non-hydrogen) atoms. The topological polar surface area (TPSA) is 77.4 Å². The average Bonchev–Trinajstić information content (AvgIpc) is 2.95. The van der Waals surface area contributed by atoms with E-state index in [9.17, 15) is 13.2 Å². The normalized spacial score (nSPS) is 11.8. The average molecular weight is 401 g/mol. The minimum atomic E-state index is -3.61. The molecule has 1 heterocycles. The first-order chi connectivity index (χ1) is 13.1. The van der Waals surface area contributed by atoms with E-state index in [-0.39, 0.29) is 0 Å². The second kappa shape index (κ2) is 7.67. The van der Waals surface area contributed by atoms with Gasteiger partial charge in [-0.05, 0) is 35.7 Å². The molecule has 0 saturated carbocycles. The summed E-state index contributed by atoms with van der Waals surface area (Å²) in [6.07, 6.45) is 2.95. The van der Waals surface area contributed by atoms with Gasteiger partial charge in [0.15, 0.2) is 0 Å². The summed E-state index contributed by atoms with van der Waals surface area (Å²) in [5.41, 5.74) is 3.21. The number of amides is 1. The van der Waals surface area contributed by atoms with Crippen LogP contribution < -0.4 is 9.46 Å². The molecule has 0 bridgehead atoms. The summed E-state index contributed by atoms with van der Waals surface area (Å²) >= 11 is 0. The molecule has 0 saturated heterocycles. The molecule has 0 unspecified atom stereocenters. The van der Waals surface area contributed by atoms with Crippen LogP contribution in [0.25, 0.3) is 22.0 Å². The van der Waals surface area contributed by atoms with Gasteiger partial charge in [-0.2, -0.15) is 0 Å². The molecule has 0 fully saturated rings. The van der Waals surface area contributed by atoms with E-state index in [1.54, 1.807) is 12.1 Å². The van der Waals surface area contributed by atoms with Gasteiger partial charge in [0.2, 0.25) is 10.0 Å². The van der Waals surface area contributed by atoms with E-state index in [1.807, 2.05) is 52.9 Å². The fourth-order valence-corrected chi connectivity index (χ4v) is 3.43. The molecule has 0 aliphatic carbocycles. The van der Waals surface area contributed by atoms with Crippen molar-refractivity contribution in [2.24, 2.45) is 13.0 Å². The van der Waals surface area contributed by atoms with Gasteiger partial charge in [0.1, 0.15) is 5.75 Å². The first-order valence-corrected chi connectivity index (χ1v) is 10.9. The second-order valence-electron chi connectivity index (χ2n) is 7.32. The number of hydrogen-bond acceptors (Lipinski definition) is 4. The van der Waals surface area contributed by atoms with Crippen LogP contribution in [0, 0.1) is 5.92 Å². The highest BCUT2D eigenvalue weighted by molar-refractivity contribution is 7.89. The first-order valence-electron chi connectivity index (χ1n) is 8.98. The van der Waals surface area contributed by atoms with Crippen molar-refractivity contribution >= 4 is 26.8 Å². The van der Waals surface area contributed by atoms with Crippen LogP contribution in [-0.2, 0) is 17.1 Å². The van der Waals surface area contributed by atoms with Gasteiger partial charge in [0.05, 0.1) is 12.9 Å². The Hall–Kier alpha value is -2.80. The molecule has 0 aliphatic heterocycles. The molecule has 2 aromatic carbocycles. The summed E-state index contributed by atoms with van der Waals surface area (Å²) < 4.78 is 32.2. The van der Waals surface area contributed by atoms with Gasteiger partial charge >= 0.3 is 0 Å². The van der Waals surface area contributed by atoms with E-state index in [2.05, 4.69) is 13.8 Å². The molecule has 3 rings (SSSR count). The van der Waals surface area contributed by atoms with Crippen molar-refractivity contribution in [1.82, 2.24) is 9.29 Å². The lowest BCUT2D eigenvalue weighted by molar-refractivity contribution is 0.0982. The molecule has 1 amide bonds. The predicted octanol–water partition coefficient (Wildman–Crippen LogP) is 3.57. The van der Waals surface area contributed by atoms with E-state index in [0.29, 0.717) is 18.1 Å². The summed E-state index contributed by atoms with van der Waals surface area (Å²) in [5, 5.41) is 0.981. The molecule has 0 radical (unpaired) electrons. The predicted molar refractivity (Wildman–Crippen MR) is 111 cm³/mol. The monoisotopic (exact) mass is 400 g/mol. The molecule has 7 heteroatoms. The summed E-state index contributed by atoms with van der Waals surface area (Å²) in [4.78, 5) is 12.1. The minimum absolute atomic E-state index is 0.295. The quantitative estimate of drug-likeness (QED) is 0.686. The van der Waals surface area contributed by atoms with Crippen LogP contribution in [0.3, 0.4) is 0 Å². The summed E-state index contributed by atoms with van der Waals surface area (Å²) in [5.74, 6) is 0.656. The van der Waals surface area contributed by atoms with Crippen LogP contribution in [0.5, 0.6) is 5.75 Å². The van der Waals surface area contributed by atoms with Crippen LogP contribution in [0.1, 0.15) is 24.2 Å². The van der Waals surface area contributed by atoms with Crippen molar-refractivity contribution in [3.8, 4) is 16.9 Å². The Labute approximate surface area is 165 Å². The summed E-state index contributed by atoms with van der Waals surface area (Å²) in [6, 6.07) is 13.1. The summed E-state index contributed by atoms with van der Waals surface area (Å²) in [6.45, 7) is 4.88. The minimum Gasteiger partial charge on any atom is -0.493 e. The smallest absolute Gasteiger partial charge is 0.264 e. The molecular formula is C21H24N2O4S. The van der Waals surface area contributed by atoms with Gasteiger partial charge in [0, 0.05) is 35.3 Å². The highest BCUT2D eigenvalue weighted by Crippen LogP contribution is 2.32.